The molecule has 1 fully saturated rings. The second kappa shape index (κ2) is 4.26. The van der Waals surface area contributed by atoms with E-state index in [1.165, 1.54) is 0 Å². The Balaban J connectivity index is 2.58. The van der Waals surface area contributed by atoms with Crippen LogP contribution in [0.25, 0.3) is 0 Å². The van der Waals surface area contributed by atoms with Gasteiger partial charge in [0.2, 0.25) is 0 Å². The van der Waals surface area contributed by atoms with Gasteiger partial charge in [0.1, 0.15) is 11.7 Å². The van der Waals surface area contributed by atoms with Crippen molar-refractivity contribution in [1.82, 2.24) is 4.90 Å². The number of nitrogens with zero attached hydrogens (tertiary/aromatic N) is 1. The minimum absolute atomic E-state index is 0.150. The summed E-state index contributed by atoms with van der Waals surface area (Å²) in [6.45, 7) is 5.33. The molecular formula is C9H14ClNO4. The Labute approximate surface area is 93.3 Å². The first kappa shape index (κ1) is 12.1. The average molecular weight is 236 g/mol. The zero-order chi connectivity index (χ0) is 11.6. The molecule has 1 atom stereocenters. The summed E-state index contributed by atoms with van der Waals surface area (Å²) in [5.41, 5.74) is -0.629. The molecule has 1 heterocycles. The Hall–Kier alpha value is -0.970. The molecule has 0 bridgehead atoms. The smallest absolute Gasteiger partial charge is 0.419 e. The van der Waals surface area contributed by atoms with Crippen molar-refractivity contribution in [2.24, 2.45) is 0 Å². The Morgan fingerprint density at radius 1 is 1.67 bits per heavy atom. The van der Waals surface area contributed by atoms with Gasteiger partial charge in [0.15, 0.2) is 0 Å². The molecule has 0 N–H and O–H groups in total. The number of imide groups is 1. The van der Waals surface area contributed by atoms with Gasteiger partial charge < -0.3 is 9.47 Å². The van der Waals surface area contributed by atoms with E-state index in [0.29, 0.717) is 0 Å². The summed E-state index contributed by atoms with van der Waals surface area (Å²) in [5, 5.41) is 0. The summed E-state index contributed by atoms with van der Waals surface area (Å²) in [5.74, 6) is 0.172. The maximum atomic E-state index is 11.5. The fraction of sp³-hybridized carbons (Fsp3) is 0.778. The van der Waals surface area contributed by atoms with Crippen LogP contribution in [0, 0.1) is 0 Å². The lowest BCUT2D eigenvalue weighted by Gasteiger charge is -2.21. The van der Waals surface area contributed by atoms with E-state index < -0.39 is 23.9 Å². The van der Waals surface area contributed by atoms with Crippen molar-refractivity contribution in [1.29, 1.82) is 0 Å². The van der Waals surface area contributed by atoms with Gasteiger partial charge in [-0.05, 0) is 20.8 Å². The minimum Gasteiger partial charge on any atom is -0.443 e. The number of carbonyl (C=O) groups is 2. The zero-order valence-electron chi connectivity index (χ0n) is 8.95. The van der Waals surface area contributed by atoms with Crippen LogP contribution in [0.3, 0.4) is 0 Å². The second-order valence-electron chi connectivity index (χ2n) is 4.25. The highest BCUT2D eigenvalue weighted by atomic mass is 35.5. The molecule has 6 heteroatoms. The number of ether oxygens (including phenoxy) is 2. The number of alkyl halides is 1. The molecule has 0 aromatic carbocycles. The molecule has 1 aliphatic rings. The molecule has 0 spiro atoms. The number of amides is 2. The Morgan fingerprint density at radius 2 is 2.27 bits per heavy atom. The lowest BCUT2D eigenvalue weighted by atomic mass is 10.2. The maximum Gasteiger partial charge on any atom is 0.419 e. The van der Waals surface area contributed by atoms with Gasteiger partial charge in [-0.15, -0.1) is 11.6 Å². The Kier molecular flexibility index (Phi) is 3.44. The molecule has 15 heavy (non-hydrogen) atoms. The average Bonchev–Trinajstić information content (AvgIpc) is 2.43. The van der Waals surface area contributed by atoms with E-state index in [1.54, 1.807) is 20.8 Å². The summed E-state index contributed by atoms with van der Waals surface area (Å²) in [6.07, 6.45) is -1.83. The number of rotatable bonds is 1. The second-order valence-corrected chi connectivity index (χ2v) is 4.56. The maximum absolute atomic E-state index is 11.5. The van der Waals surface area contributed by atoms with Crippen LogP contribution in [0.15, 0.2) is 0 Å². The van der Waals surface area contributed by atoms with Crippen LogP contribution in [0.4, 0.5) is 9.59 Å². The highest BCUT2D eigenvalue weighted by molar-refractivity contribution is 6.18. The molecule has 0 radical (unpaired) electrons. The Morgan fingerprint density at radius 3 is 2.67 bits per heavy atom. The van der Waals surface area contributed by atoms with E-state index in [9.17, 15) is 9.59 Å². The molecule has 1 aliphatic heterocycles. The Bertz CT molecular complexity index is 274. The summed E-state index contributed by atoms with van der Waals surface area (Å²) in [4.78, 5) is 23.6. The first-order chi connectivity index (χ1) is 6.83. The van der Waals surface area contributed by atoms with Crippen LogP contribution in [0.5, 0.6) is 0 Å². The standard InChI is InChI=1S/C9H14ClNO4/c1-9(2,3)15-8(13)11-5-6(4-10)14-7(11)12/h6H,4-5H2,1-3H3. The fourth-order valence-corrected chi connectivity index (χ4v) is 1.23. The normalized spacial score (nSPS) is 21.5. The molecule has 86 valence electrons. The first-order valence-corrected chi connectivity index (χ1v) is 5.14. The largest absolute Gasteiger partial charge is 0.443 e. The van der Waals surface area contributed by atoms with Gasteiger partial charge in [-0.2, -0.15) is 0 Å². The monoisotopic (exact) mass is 235 g/mol. The van der Waals surface area contributed by atoms with Crippen molar-refractivity contribution in [2.45, 2.75) is 32.5 Å². The van der Waals surface area contributed by atoms with E-state index in [2.05, 4.69) is 0 Å². The number of carbonyl (C=O) groups excluding carboxylic acids is 2. The van der Waals surface area contributed by atoms with Crippen molar-refractivity contribution >= 4 is 23.8 Å². The zero-order valence-corrected chi connectivity index (χ0v) is 9.71. The number of hydrogen-bond acceptors (Lipinski definition) is 4. The topological polar surface area (TPSA) is 55.8 Å². The molecule has 1 rings (SSSR count). The third kappa shape index (κ3) is 3.27. The third-order valence-corrected chi connectivity index (χ3v) is 2.00. The SMILES string of the molecule is CC(C)(C)OC(=O)N1CC(CCl)OC1=O. The number of halogens is 1. The molecule has 1 unspecified atom stereocenters. The summed E-state index contributed by atoms with van der Waals surface area (Å²) in [6, 6.07) is 0. The third-order valence-electron chi connectivity index (χ3n) is 1.66. The van der Waals surface area contributed by atoms with Gasteiger partial charge in [-0.3, -0.25) is 0 Å². The highest BCUT2D eigenvalue weighted by Crippen LogP contribution is 2.16. The summed E-state index contributed by atoms with van der Waals surface area (Å²) >= 11 is 5.52. The van der Waals surface area contributed by atoms with Crippen molar-refractivity contribution in [3.63, 3.8) is 0 Å². The van der Waals surface area contributed by atoms with Gasteiger partial charge in [-0.1, -0.05) is 0 Å². The molecule has 0 aromatic rings. The van der Waals surface area contributed by atoms with E-state index >= 15 is 0 Å². The number of cyclic esters (lactones) is 1. The van der Waals surface area contributed by atoms with E-state index in [0.717, 1.165) is 4.90 Å². The quantitative estimate of drug-likeness (QED) is 0.652. The van der Waals surface area contributed by atoms with Crippen LogP contribution in [0.1, 0.15) is 20.8 Å². The fourth-order valence-electron chi connectivity index (χ4n) is 1.07. The van der Waals surface area contributed by atoms with Crippen molar-refractivity contribution < 1.29 is 19.1 Å². The van der Waals surface area contributed by atoms with Crippen molar-refractivity contribution in [3.05, 3.63) is 0 Å². The van der Waals surface area contributed by atoms with E-state index in [4.69, 9.17) is 21.1 Å². The molecular weight excluding hydrogens is 222 g/mol. The van der Waals surface area contributed by atoms with Crippen molar-refractivity contribution in [3.8, 4) is 0 Å². The predicted octanol–water partition coefficient (Wildman–Crippen LogP) is 1.98. The summed E-state index contributed by atoms with van der Waals surface area (Å²) < 4.78 is 9.84. The molecule has 2 amide bonds. The van der Waals surface area contributed by atoms with Gasteiger partial charge in [-0.25, -0.2) is 14.5 Å². The van der Waals surface area contributed by atoms with Gasteiger partial charge in [0, 0.05) is 0 Å². The van der Waals surface area contributed by atoms with Crippen LogP contribution in [-0.2, 0) is 9.47 Å². The van der Waals surface area contributed by atoms with E-state index in [1.807, 2.05) is 0 Å². The summed E-state index contributed by atoms with van der Waals surface area (Å²) in [7, 11) is 0. The molecule has 0 aromatic heterocycles. The lowest BCUT2D eigenvalue weighted by molar-refractivity contribution is 0.0339. The first-order valence-electron chi connectivity index (χ1n) is 4.60. The van der Waals surface area contributed by atoms with Crippen LogP contribution in [-0.4, -0.2) is 41.2 Å². The van der Waals surface area contributed by atoms with Crippen LogP contribution >= 0.6 is 11.6 Å². The van der Waals surface area contributed by atoms with Crippen molar-refractivity contribution in [2.75, 3.05) is 12.4 Å². The van der Waals surface area contributed by atoms with Gasteiger partial charge in [0.25, 0.3) is 0 Å². The molecule has 1 saturated heterocycles. The number of hydrogen-bond donors (Lipinski definition) is 0. The predicted molar refractivity (Wildman–Crippen MR) is 53.9 cm³/mol. The van der Waals surface area contributed by atoms with Gasteiger partial charge >= 0.3 is 12.2 Å². The van der Waals surface area contributed by atoms with E-state index in [-0.39, 0.29) is 12.4 Å². The molecule has 0 aliphatic carbocycles. The minimum atomic E-state index is -0.699. The lowest BCUT2D eigenvalue weighted by Crippen LogP contribution is -2.37. The van der Waals surface area contributed by atoms with Crippen LogP contribution in [0.2, 0.25) is 0 Å². The molecule has 0 saturated carbocycles. The van der Waals surface area contributed by atoms with Crippen LogP contribution < -0.4 is 0 Å². The highest BCUT2D eigenvalue weighted by Gasteiger charge is 2.37. The molecule has 5 nitrogen and oxygen atoms in total. The van der Waals surface area contributed by atoms with Gasteiger partial charge in [0.05, 0.1) is 12.4 Å².